The molecule has 19 heavy (non-hydrogen) atoms. The molecule has 0 aromatic heterocycles. The van der Waals surface area contributed by atoms with Crippen LogP contribution in [0.1, 0.15) is 53.9 Å². The molecule has 0 saturated heterocycles. The minimum Gasteiger partial charge on any atom is -0.378 e. The molecule has 0 aliphatic heterocycles. The van der Waals surface area contributed by atoms with Crippen molar-refractivity contribution in [3.8, 4) is 0 Å². The Morgan fingerprint density at radius 3 is 2.32 bits per heavy atom. The van der Waals surface area contributed by atoms with Crippen LogP contribution >= 0.6 is 0 Å². The largest absolute Gasteiger partial charge is 0.378 e. The van der Waals surface area contributed by atoms with Gasteiger partial charge in [-0.05, 0) is 26.2 Å². The number of carbonyl (C=O) groups is 1. The van der Waals surface area contributed by atoms with Gasteiger partial charge in [0.2, 0.25) is 5.91 Å². The molecule has 0 aromatic carbocycles. The monoisotopic (exact) mass is 270 g/mol. The van der Waals surface area contributed by atoms with Gasteiger partial charge < -0.3 is 15.8 Å². The molecule has 0 spiro atoms. The van der Waals surface area contributed by atoms with E-state index < -0.39 is 5.41 Å². The number of nitrogens with one attached hydrogen (secondary N) is 1. The molecule has 1 saturated carbocycles. The molecule has 4 heteroatoms. The van der Waals surface area contributed by atoms with Gasteiger partial charge >= 0.3 is 0 Å². The van der Waals surface area contributed by atoms with Crippen molar-refractivity contribution in [2.45, 2.75) is 66.0 Å². The number of hydrogen-bond acceptors (Lipinski definition) is 3. The van der Waals surface area contributed by atoms with Crippen LogP contribution in [-0.4, -0.2) is 31.2 Å². The van der Waals surface area contributed by atoms with E-state index in [0.29, 0.717) is 6.54 Å². The quantitative estimate of drug-likeness (QED) is 0.744. The lowest BCUT2D eigenvalue weighted by Gasteiger charge is -2.52. The van der Waals surface area contributed by atoms with Crippen LogP contribution in [0.3, 0.4) is 0 Å². The van der Waals surface area contributed by atoms with Crippen LogP contribution in [0.5, 0.6) is 0 Å². The first kappa shape index (κ1) is 16.4. The van der Waals surface area contributed by atoms with Gasteiger partial charge in [0.15, 0.2) is 0 Å². The summed E-state index contributed by atoms with van der Waals surface area (Å²) in [6, 6.07) is 0.195. The van der Waals surface area contributed by atoms with Crippen molar-refractivity contribution >= 4 is 5.91 Å². The second-order valence-electron chi connectivity index (χ2n) is 6.22. The van der Waals surface area contributed by atoms with E-state index in [4.69, 9.17) is 10.5 Å². The Labute approximate surface area is 117 Å². The number of nitrogens with two attached hydrogens (primary N) is 1. The fourth-order valence-electron chi connectivity index (χ4n) is 2.88. The van der Waals surface area contributed by atoms with E-state index in [1.54, 1.807) is 0 Å². The summed E-state index contributed by atoms with van der Waals surface area (Å²) in [5, 5.41) is 3.19. The first-order valence-electron chi connectivity index (χ1n) is 7.50. The minimum atomic E-state index is -0.410. The molecule has 0 radical (unpaired) electrons. The first-order valence-corrected chi connectivity index (χ1v) is 7.50. The smallest absolute Gasteiger partial charge is 0.227 e. The van der Waals surface area contributed by atoms with Crippen molar-refractivity contribution in [1.82, 2.24) is 5.32 Å². The summed E-state index contributed by atoms with van der Waals surface area (Å²) in [6.07, 6.45) is 2.72. The van der Waals surface area contributed by atoms with E-state index in [2.05, 4.69) is 19.2 Å². The fourth-order valence-corrected chi connectivity index (χ4v) is 2.88. The average molecular weight is 270 g/mol. The van der Waals surface area contributed by atoms with Gasteiger partial charge in [-0.3, -0.25) is 4.79 Å². The van der Waals surface area contributed by atoms with E-state index in [0.717, 1.165) is 25.9 Å². The second-order valence-corrected chi connectivity index (χ2v) is 6.22. The van der Waals surface area contributed by atoms with E-state index in [1.807, 2.05) is 20.8 Å². The summed E-state index contributed by atoms with van der Waals surface area (Å²) >= 11 is 0. The number of hydrogen-bond donors (Lipinski definition) is 2. The molecule has 112 valence electrons. The topological polar surface area (TPSA) is 64.3 Å². The molecule has 4 nitrogen and oxygen atoms in total. The van der Waals surface area contributed by atoms with Gasteiger partial charge in [-0.2, -0.15) is 0 Å². The van der Waals surface area contributed by atoms with Gasteiger partial charge in [0.1, 0.15) is 0 Å². The van der Waals surface area contributed by atoms with Crippen molar-refractivity contribution in [3.63, 3.8) is 0 Å². The maximum absolute atomic E-state index is 12.5. The van der Waals surface area contributed by atoms with E-state index in [1.165, 1.54) is 0 Å². The van der Waals surface area contributed by atoms with E-state index in [9.17, 15) is 4.79 Å². The molecule has 1 fully saturated rings. The lowest BCUT2D eigenvalue weighted by atomic mass is 9.64. The molecule has 0 heterocycles. The Bertz CT molecular complexity index is 303. The molecule has 1 aliphatic carbocycles. The zero-order valence-electron chi connectivity index (χ0n) is 13.1. The molecule has 1 rings (SSSR count). The molecule has 0 aromatic rings. The SMILES string of the molecule is CCOC1CC(NC(=O)C(CC)(CC)CN)C1(C)C. The van der Waals surface area contributed by atoms with Gasteiger partial charge in [0, 0.05) is 24.6 Å². The first-order chi connectivity index (χ1) is 8.87. The summed E-state index contributed by atoms with van der Waals surface area (Å²) < 4.78 is 5.69. The molecule has 1 aliphatic rings. The molecular formula is C15H30N2O2. The highest BCUT2D eigenvalue weighted by atomic mass is 16.5. The number of rotatable bonds is 7. The maximum atomic E-state index is 12.5. The highest BCUT2D eigenvalue weighted by molar-refractivity contribution is 5.83. The summed E-state index contributed by atoms with van der Waals surface area (Å²) in [5.41, 5.74) is 5.42. The third-order valence-electron chi connectivity index (χ3n) is 5.08. The molecule has 0 bridgehead atoms. The number of carbonyl (C=O) groups excluding carboxylic acids is 1. The van der Waals surface area contributed by atoms with Crippen LogP contribution in [-0.2, 0) is 9.53 Å². The Morgan fingerprint density at radius 1 is 1.37 bits per heavy atom. The van der Waals surface area contributed by atoms with Crippen molar-refractivity contribution in [1.29, 1.82) is 0 Å². The van der Waals surface area contributed by atoms with E-state index in [-0.39, 0.29) is 23.5 Å². The van der Waals surface area contributed by atoms with Crippen molar-refractivity contribution in [2.24, 2.45) is 16.6 Å². The van der Waals surface area contributed by atoms with Crippen molar-refractivity contribution in [3.05, 3.63) is 0 Å². The molecule has 2 atom stereocenters. The number of amides is 1. The molecular weight excluding hydrogens is 240 g/mol. The van der Waals surface area contributed by atoms with Crippen LogP contribution < -0.4 is 11.1 Å². The minimum absolute atomic E-state index is 0.00743. The third kappa shape index (κ3) is 2.95. The van der Waals surface area contributed by atoms with Crippen LogP contribution in [0.25, 0.3) is 0 Å². The normalized spacial score (nSPS) is 25.8. The Kier molecular flexibility index (Phi) is 5.39. The zero-order chi connectivity index (χ0) is 14.7. The van der Waals surface area contributed by atoms with Crippen LogP contribution in [0.15, 0.2) is 0 Å². The summed E-state index contributed by atoms with van der Waals surface area (Å²) in [6.45, 7) is 11.5. The van der Waals surface area contributed by atoms with Gasteiger partial charge in [0.05, 0.1) is 11.5 Å². The Balaban J connectivity index is 2.64. The van der Waals surface area contributed by atoms with Crippen LogP contribution in [0.2, 0.25) is 0 Å². The predicted molar refractivity (Wildman–Crippen MR) is 77.8 cm³/mol. The molecule has 2 unspecified atom stereocenters. The van der Waals surface area contributed by atoms with Crippen LogP contribution in [0.4, 0.5) is 0 Å². The number of ether oxygens (including phenoxy) is 1. The van der Waals surface area contributed by atoms with Gasteiger partial charge in [-0.25, -0.2) is 0 Å². The highest BCUT2D eigenvalue weighted by Gasteiger charge is 2.50. The summed E-state index contributed by atoms with van der Waals surface area (Å²) in [5.74, 6) is 0.105. The molecule has 1 amide bonds. The second kappa shape index (κ2) is 6.23. The fraction of sp³-hybridized carbons (Fsp3) is 0.933. The van der Waals surface area contributed by atoms with Gasteiger partial charge in [0.25, 0.3) is 0 Å². The van der Waals surface area contributed by atoms with Crippen molar-refractivity contribution in [2.75, 3.05) is 13.2 Å². The lowest BCUT2D eigenvalue weighted by Crippen LogP contribution is -2.64. The van der Waals surface area contributed by atoms with E-state index >= 15 is 0 Å². The summed E-state index contributed by atoms with van der Waals surface area (Å²) in [4.78, 5) is 12.5. The Hall–Kier alpha value is -0.610. The zero-order valence-corrected chi connectivity index (χ0v) is 13.1. The highest BCUT2D eigenvalue weighted by Crippen LogP contribution is 2.43. The average Bonchev–Trinajstić information content (AvgIpc) is 2.40. The molecule has 3 N–H and O–H groups in total. The predicted octanol–water partition coefficient (Wildman–Crippen LogP) is 2.07. The van der Waals surface area contributed by atoms with Crippen LogP contribution in [0, 0.1) is 10.8 Å². The lowest BCUT2D eigenvalue weighted by molar-refractivity contribution is -0.144. The standard InChI is InChI=1S/C15H30N2O2/c1-6-15(7-2,10-16)13(18)17-11-9-12(19-8-3)14(11,4)5/h11-12H,6-10,16H2,1-5H3,(H,17,18). The third-order valence-corrected chi connectivity index (χ3v) is 5.08. The van der Waals surface area contributed by atoms with Crippen molar-refractivity contribution < 1.29 is 9.53 Å². The Morgan fingerprint density at radius 2 is 1.95 bits per heavy atom. The van der Waals surface area contributed by atoms with Gasteiger partial charge in [-0.15, -0.1) is 0 Å². The van der Waals surface area contributed by atoms with Gasteiger partial charge in [-0.1, -0.05) is 27.7 Å². The maximum Gasteiger partial charge on any atom is 0.227 e. The summed E-state index contributed by atoms with van der Waals surface area (Å²) in [7, 11) is 0.